The van der Waals surface area contributed by atoms with E-state index in [1.165, 1.54) is 23.5 Å². The first-order chi connectivity index (χ1) is 15.4. The van der Waals surface area contributed by atoms with Gasteiger partial charge in [-0.05, 0) is 12.5 Å². The SMILES string of the molecule is CCc1nnc(NC(=O)CN2CCN(C(=O)c3sc4cc([N+](=O)[O-])ccc4c3Cl)CC2)s1. The highest BCUT2D eigenvalue weighted by Gasteiger charge is 2.27. The van der Waals surface area contributed by atoms with E-state index in [4.69, 9.17) is 11.6 Å². The molecule has 2 aromatic heterocycles. The summed E-state index contributed by atoms with van der Waals surface area (Å²) in [7, 11) is 0. The van der Waals surface area contributed by atoms with Crippen LogP contribution < -0.4 is 5.32 Å². The molecule has 4 rings (SSSR count). The lowest BCUT2D eigenvalue weighted by Gasteiger charge is -2.34. The minimum atomic E-state index is -0.475. The van der Waals surface area contributed by atoms with E-state index < -0.39 is 4.92 Å². The summed E-state index contributed by atoms with van der Waals surface area (Å²) in [5.41, 5.74) is -0.0410. The smallest absolute Gasteiger partial charge is 0.270 e. The predicted molar refractivity (Wildman–Crippen MR) is 124 cm³/mol. The van der Waals surface area contributed by atoms with Gasteiger partial charge >= 0.3 is 0 Å². The van der Waals surface area contributed by atoms with Gasteiger partial charge in [-0.1, -0.05) is 29.9 Å². The summed E-state index contributed by atoms with van der Waals surface area (Å²) >= 11 is 8.92. The molecule has 2 amide bonds. The Bertz CT molecular complexity index is 1190. The number of benzene rings is 1. The molecule has 1 N–H and O–H groups in total. The summed E-state index contributed by atoms with van der Waals surface area (Å²) in [6.45, 7) is 4.18. The van der Waals surface area contributed by atoms with E-state index >= 15 is 0 Å². The number of amides is 2. The van der Waals surface area contributed by atoms with Gasteiger partial charge in [-0.15, -0.1) is 21.5 Å². The Hall–Kier alpha value is -2.67. The zero-order valence-corrected chi connectivity index (χ0v) is 19.4. The standard InChI is InChI=1S/C19H19ClN6O4S2/c1-2-15-22-23-19(32-15)21-14(27)10-24-5-7-25(8-6-24)18(28)17-16(20)12-4-3-11(26(29)30)9-13(12)31-17/h3-4,9H,2,5-8,10H2,1H3,(H,21,23,27). The van der Waals surface area contributed by atoms with Gasteiger partial charge in [-0.3, -0.25) is 29.9 Å². The Kier molecular flexibility index (Phi) is 6.65. The summed E-state index contributed by atoms with van der Waals surface area (Å²) in [4.78, 5) is 39.9. The van der Waals surface area contributed by atoms with Crippen molar-refractivity contribution in [1.82, 2.24) is 20.0 Å². The summed E-state index contributed by atoms with van der Waals surface area (Å²) in [6, 6.07) is 4.38. The van der Waals surface area contributed by atoms with Crippen molar-refractivity contribution in [3.63, 3.8) is 0 Å². The van der Waals surface area contributed by atoms with E-state index in [0.717, 1.165) is 22.8 Å². The van der Waals surface area contributed by atoms with Gasteiger partial charge in [0.15, 0.2) is 0 Å². The number of aromatic nitrogens is 2. The number of nitrogens with zero attached hydrogens (tertiary/aromatic N) is 5. The average Bonchev–Trinajstić information content (AvgIpc) is 3.37. The van der Waals surface area contributed by atoms with Gasteiger partial charge in [0.25, 0.3) is 11.6 Å². The van der Waals surface area contributed by atoms with E-state index in [1.807, 2.05) is 11.8 Å². The van der Waals surface area contributed by atoms with Crippen LogP contribution in [0.5, 0.6) is 0 Å². The van der Waals surface area contributed by atoms with Gasteiger partial charge in [0.05, 0.1) is 16.5 Å². The third kappa shape index (κ3) is 4.72. The molecule has 168 valence electrons. The molecule has 32 heavy (non-hydrogen) atoms. The van der Waals surface area contributed by atoms with Crippen molar-refractivity contribution < 1.29 is 14.5 Å². The molecule has 3 heterocycles. The topological polar surface area (TPSA) is 122 Å². The number of halogens is 1. The molecule has 1 aliphatic rings. The van der Waals surface area contributed by atoms with Crippen LogP contribution in [-0.4, -0.2) is 69.5 Å². The van der Waals surface area contributed by atoms with E-state index in [2.05, 4.69) is 15.5 Å². The number of fused-ring (bicyclic) bond motifs is 1. The normalized spacial score (nSPS) is 14.6. The summed E-state index contributed by atoms with van der Waals surface area (Å²) in [6.07, 6.45) is 0.768. The number of carbonyl (C=O) groups is 2. The molecule has 1 aromatic carbocycles. The summed E-state index contributed by atoms with van der Waals surface area (Å²) < 4.78 is 0.603. The number of carbonyl (C=O) groups excluding carboxylic acids is 2. The molecule has 0 spiro atoms. The zero-order chi connectivity index (χ0) is 22.8. The van der Waals surface area contributed by atoms with Crippen molar-refractivity contribution in [1.29, 1.82) is 0 Å². The lowest BCUT2D eigenvalue weighted by molar-refractivity contribution is -0.384. The number of non-ortho nitro benzene ring substituents is 1. The minimum absolute atomic E-state index is 0.0410. The number of nitro benzene ring substituents is 1. The second-order valence-electron chi connectivity index (χ2n) is 7.15. The third-order valence-electron chi connectivity index (χ3n) is 5.06. The number of nitro groups is 1. The van der Waals surface area contributed by atoms with Gasteiger partial charge in [0.2, 0.25) is 11.0 Å². The number of aryl methyl sites for hydroxylation is 1. The molecule has 1 aliphatic heterocycles. The van der Waals surface area contributed by atoms with Crippen molar-refractivity contribution in [2.24, 2.45) is 0 Å². The van der Waals surface area contributed by atoms with E-state index in [-0.39, 0.29) is 24.0 Å². The van der Waals surface area contributed by atoms with Crippen LogP contribution in [0.15, 0.2) is 18.2 Å². The average molecular weight is 495 g/mol. The van der Waals surface area contributed by atoms with E-state index in [0.29, 0.717) is 51.3 Å². The Morgan fingerprint density at radius 1 is 1.22 bits per heavy atom. The van der Waals surface area contributed by atoms with Crippen molar-refractivity contribution in [2.75, 3.05) is 38.0 Å². The monoisotopic (exact) mass is 494 g/mol. The second kappa shape index (κ2) is 9.45. The highest BCUT2D eigenvalue weighted by molar-refractivity contribution is 7.21. The first-order valence-corrected chi connectivity index (χ1v) is 11.9. The van der Waals surface area contributed by atoms with Crippen LogP contribution in [0.2, 0.25) is 5.02 Å². The van der Waals surface area contributed by atoms with Crippen molar-refractivity contribution in [2.45, 2.75) is 13.3 Å². The lowest BCUT2D eigenvalue weighted by Crippen LogP contribution is -2.50. The molecule has 1 fully saturated rings. The molecule has 1 saturated heterocycles. The fourth-order valence-corrected chi connectivity index (χ4v) is 5.58. The number of hydrogen-bond donors (Lipinski definition) is 1. The first kappa shape index (κ1) is 22.5. The van der Waals surface area contributed by atoms with Gasteiger partial charge in [0.1, 0.15) is 9.88 Å². The Morgan fingerprint density at radius 3 is 2.62 bits per heavy atom. The van der Waals surface area contributed by atoms with Crippen LogP contribution in [0.25, 0.3) is 10.1 Å². The zero-order valence-electron chi connectivity index (χ0n) is 17.0. The molecule has 0 bridgehead atoms. The highest BCUT2D eigenvalue weighted by Crippen LogP contribution is 2.38. The molecule has 0 unspecified atom stereocenters. The fraction of sp³-hybridized carbons (Fsp3) is 0.368. The van der Waals surface area contributed by atoms with Crippen molar-refractivity contribution in [3.05, 3.63) is 43.2 Å². The maximum Gasteiger partial charge on any atom is 0.270 e. The largest absolute Gasteiger partial charge is 0.335 e. The quantitative estimate of drug-likeness (QED) is 0.412. The van der Waals surface area contributed by atoms with Gasteiger partial charge in [-0.25, -0.2) is 0 Å². The fourth-order valence-electron chi connectivity index (χ4n) is 3.37. The molecular formula is C19H19ClN6O4S2. The number of hydrogen-bond acceptors (Lipinski definition) is 9. The van der Waals surface area contributed by atoms with Gasteiger partial charge in [-0.2, -0.15) is 0 Å². The van der Waals surface area contributed by atoms with Crippen LogP contribution in [0.1, 0.15) is 21.6 Å². The van der Waals surface area contributed by atoms with E-state index in [9.17, 15) is 19.7 Å². The molecule has 3 aromatic rings. The van der Waals surface area contributed by atoms with Crippen molar-refractivity contribution >= 4 is 67.0 Å². The molecular weight excluding hydrogens is 476 g/mol. The number of anilines is 1. The summed E-state index contributed by atoms with van der Waals surface area (Å²) in [5.74, 6) is -0.373. The number of piperazine rings is 1. The maximum absolute atomic E-state index is 13.0. The number of nitrogens with one attached hydrogen (secondary N) is 1. The van der Waals surface area contributed by atoms with Crippen LogP contribution >= 0.6 is 34.3 Å². The Balaban J connectivity index is 1.35. The van der Waals surface area contributed by atoms with Crippen molar-refractivity contribution in [3.8, 4) is 0 Å². The number of rotatable bonds is 6. The van der Waals surface area contributed by atoms with Crippen LogP contribution in [0.4, 0.5) is 10.8 Å². The molecule has 0 radical (unpaired) electrons. The summed E-state index contributed by atoms with van der Waals surface area (Å²) in [5, 5.41) is 24.0. The molecule has 0 aliphatic carbocycles. The number of thiophene rings is 1. The third-order valence-corrected chi connectivity index (χ3v) is 7.69. The minimum Gasteiger partial charge on any atom is -0.335 e. The predicted octanol–water partition coefficient (Wildman–Crippen LogP) is 3.27. The molecule has 10 nitrogen and oxygen atoms in total. The lowest BCUT2D eigenvalue weighted by atomic mass is 10.2. The second-order valence-corrected chi connectivity index (χ2v) is 9.65. The van der Waals surface area contributed by atoms with Crippen LogP contribution in [0, 0.1) is 10.1 Å². The first-order valence-electron chi connectivity index (χ1n) is 9.86. The van der Waals surface area contributed by atoms with Gasteiger partial charge < -0.3 is 4.90 Å². The highest BCUT2D eigenvalue weighted by atomic mass is 35.5. The Morgan fingerprint density at radius 2 is 1.97 bits per heavy atom. The Labute approximate surface area is 195 Å². The molecule has 13 heteroatoms. The maximum atomic E-state index is 13.0. The van der Waals surface area contributed by atoms with Gasteiger partial charge in [0, 0.05) is 48.4 Å². The van der Waals surface area contributed by atoms with E-state index in [1.54, 1.807) is 11.0 Å². The van der Waals surface area contributed by atoms with Crippen LogP contribution in [0.3, 0.4) is 0 Å². The van der Waals surface area contributed by atoms with Crippen LogP contribution in [-0.2, 0) is 11.2 Å². The molecule has 0 atom stereocenters. The molecule has 0 saturated carbocycles.